The number of carbonyl (C=O) groups excluding carboxylic acids is 1. The molecule has 0 spiro atoms. The van der Waals surface area contributed by atoms with E-state index in [1.807, 2.05) is 31.2 Å². The first-order chi connectivity index (χ1) is 12.2. The molecule has 0 unspecified atom stereocenters. The number of likely N-dealkylation sites (N-methyl/N-ethyl adjacent to an activating group) is 1. The molecule has 0 aliphatic rings. The maximum absolute atomic E-state index is 12.4. The SMILES string of the molecule is CC[N+](CC)(CC)[C@@H](C)C(=O)Nc1cccc(Br)c1.O=S(=O)([O-])C(F)(F)F. The highest BCUT2D eigenvalue weighted by atomic mass is 79.9. The Kier molecular flexibility index (Phi) is 9.94. The molecule has 27 heavy (non-hydrogen) atoms. The molecule has 1 aromatic rings. The van der Waals surface area contributed by atoms with Gasteiger partial charge in [-0.05, 0) is 45.9 Å². The van der Waals surface area contributed by atoms with Gasteiger partial charge in [0.15, 0.2) is 16.2 Å². The van der Waals surface area contributed by atoms with Crippen molar-refractivity contribution < 1.29 is 35.4 Å². The predicted molar refractivity (Wildman–Crippen MR) is 99.9 cm³/mol. The summed E-state index contributed by atoms with van der Waals surface area (Å²) in [6, 6.07) is 7.66. The summed E-state index contributed by atoms with van der Waals surface area (Å²) in [5, 5.41) is 3.01. The fourth-order valence-electron chi connectivity index (χ4n) is 2.55. The van der Waals surface area contributed by atoms with Crippen molar-refractivity contribution in [3.8, 4) is 0 Å². The number of rotatable bonds is 6. The van der Waals surface area contributed by atoms with Gasteiger partial charge in [0.05, 0.1) is 19.6 Å². The zero-order valence-corrected chi connectivity index (χ0v) is 17.9. The van der Waals surface area contributed by atoms with Gasteiger partial charge < -0.3 is 14.4 Å². The molecule has 0 radical (unpaired) electrons. The van der Waals surface area contributed by atoms with Gasteiger partial charge in [-0.2, -0.15) is 13.2 Å². The standard InChI is InChI=1S/C15H23BrN2O.CHF3O3S/c1-5-18(6-2,7-3)12(4)15(19)17-14-10-8-9-13(16)11-14;2-1(3,4)8(5,6)7/h8-12H,5-7H2,1-4H3;(H,5,6,7)/t12-;/m0./s1. The third-order valence-electron chi connectivity index (χ3n) is 4.47. The number of benzene rings is 1. The summed E-state index contributed by atoms with van der Waals surface area (Å²) in [6.07, 6.45) is 0. The maximum atomic E-state index is 12.4. The van der Waals surface area contributed by atoms with Crippen molar-refractivity contribution in [3.63, 3.8) is 0 Å². The van der Waals surface area contributed by atoms with E-state index >= 15 is 0 Å². The first kappa shape index (κ1) is 25.8. The molecule has 0 aliphatic heterocycles. The van der Waals surface area contributed by atoms with Gasteiger partial charge in [-0.15, -0.1) is 0 Å². The number of halogens is 4. The lowest BCUT2D eigenvalue weighted by atomic mass is 10.1. The molecular weight excluding hydrogens is 453 g/mol. The van der Waals surface area contributed by atoms with Crippen LogP contribution >= 0.6 is 15.9 Å². The Labute approximate surface area is 166 Å². The van der Waals surface area contributed by atoms with Crippen LogP contribution in [-0.2, 0) is 14.9 Å². The lowest BCUT2D eigenvalue weighted by molar-refractivity contribution is -0.936. The number of nitrogens with one attached hydrogen (secondary N) is 1. The van der Waals surface area contributed by atoms with Crippen LogP contribution in [0.2, 0.25) is 0 Å². The van der Waals surface area contributed by atoms with Crippen LogP contribution in [0.4, 0.5) is 18.9 Å². The minimum absolute atomic E-state index is 0.0426. The fraction of sp³-hybridized carbons (Fsp3) is 0.562. The van der Waals surface area contributed by atoms with Crippen molar-refractivity contribution in [2.24, 2.45) is 0 Å². The minimum Gasteiger partial charge on any atom is -0.741 e. The summed E-state index contributed by atoms with van der Waals surface area (Å²) < 4.78 is 60.7. The molecule has 11 heteroatoms. The van der Waals surface area contributed by atoms with E-state index in [1.165, 1.54) is 0 Å². The summed E-state index contributed by atoms with van der Waals surface area (Å²) in [4.78, 5) is 12.4. The third-order valence-corrected chi connectivity index (χ3v) is 5.53. The van der Waals surface area contributed by atoms with Gasteiger partial charge in [0.2, 0.25) is 0 Å². The van der Waals surface area contributed by atoms with Gasteiger partial charge in [-0.1, -0.05) is 22.0 Å². The minimum atomic E-state index is -6.09. The zero-order chi connectivity index (χ0) is 21.5. The molecule has 0 aliphatic carbocycles. The monoisotopic (exact) mass is 476 g/mol. The summed E-state index contributed by atoms with van der Waals surface area (Å²) in [5.74, 6) is 0.0867. The van der Waals surface area contributed by atoms with E-state index in [-0.39, 0.29) is 11.9 Å². The Hall–Kier alpha value is -1.17. The topological polar surface area (TPSA) is 86.3 Å². The highest BCUT2D eigenvalue weighted by molar-refractivity contribution is 9.10. The Morgan fingerprint density at radius 3 is 2.00 bits per heavy atom. The third kappa shape index (κ3) is 7.76. The van der Waals surface area contributed by atoms with Crippen molar-refractivity contribution in [3.05, 3.63) is 28.7 Å². The molecule has 1 atom stereocenters. The van der Waals surface area contributed by atoms with Crippen molar-refractivity contribution in [1.82, 2.24) is 0 Å². The van der Waals surface area contributed by atoms with Crippen LogP contribution in [0.15, 0.2) is 28.7 Å². The average molecular weight is 477 g/mol. The quantitative estimate of drug-likeness (QED) is 0.385. The van der Waals surface area contributed by atoms with E-state index in [9.17, 15) is 18.0 Å². The summed E-state index contributed by atoms with van der Waals surface area (Å²) in [5.41, 5.74) is -4.81. The Balaban J connectivity index is 0.000000713. The van der Waals surface area contributed by atoms with E-state index in [0.717, 1.165) is 34.3 Å². The molecule has 1 aromatic carbocycles. The van der Waals surface area contributed by atoms with Gasteiger partial charge in [0.1, 0.15) is 0 Å². The van der Waals surface area contributed by atoms with Crippen molar-refractivity contribution in [1.29, 1.82) is 0 Å². The Bertz CT molecular complexity index is 714. The molecule has 0 saturated heterocycles. The average Bonchev–Trinajstić information content (AvgIpc) is 2.55. The fourth-order valence-corrected chi connectivity index (χ4v) is 2.95. The molecule has 0 aromatic heterocycles. The highest BCUT2D eigenvalue weighted by Gasteiger charge is 2.37. The van der Waals surface area contributed by atoms with E-state index < -0.39 is 15.6 Å². The number of amides is 1. The molecule has 0 bridgehead atoms. The van der Waals surface area contributed by atoms with Crippen LogP contribution in [0, 0.1) is 0 Å². The predicted octanol–water partition coefficient (Wildman–Crippen LogP) is 3.70. The Morgan fingerprint density at radius 2 is 1.67 bits per heavy atom. The molecule has 0 heterocycles. The molecule has 0 fully saturated rings. The second-order valence-electron chi connectivity index (χ2n) is 5.74. The van der Waals surface area contributed by atoms with Gasteiger partial charge in [0.25, 0.3) is 5.91 Å². The molecule has 6 nitrogen and oxygen atoms in total. The normalized spacial score (nSPS) is 13.4. The second kappa shape index (κ2) is 10.4. The number of hydrogen-bond donors (Lipinski definition) is 1. The van der Waals surface area contributed by atoms with Gasteiger partial charge >= 0.3 is 5.51 Å². The number of quaternary nitrogens is 1. The largest absolute Gasteiger partial charge is 0.741 e. The van der Waals surface area contributed by atoms with Gasteiger partial charge in [0, 0.05) is 10.2 Å². The number of nitrogens with zero attached hydrogens (tertiary/aromatic N) is 1. The van der Waals surface area contributed by atoms with E-state index in [4.69, 9.17) is 13.0 Å². The molecule has 1 amide bonds. The highest BCUT2D eigenvalue weighted by Crippen LogP contribution is 2.20. The van der Waals surface area contributed by atoms with Crippen LogP contribution in [-0.4, -0.2) is 54.5 Å². The zero-order valence-electron chi connectivity index (χ0n) is 15.5. The maximum Gasteiger partial charge on any atom is 0.485 e. The number of alkyl halides is 3. The van der Waals surface area contributed by atoms with Crippen LogP contribution < -0.4 is 5.32 Å². The summed E-state index contributed by atoms with van der Waals surface area (Å²) in [6.45, 7) is 11.4. The van der Waals surface area contributed by atoms with Crippen molar-refractivity contribution in [2.45, 2.75) is 39.2 Å². The van der Waals surface area contributed by atoms with Crippen LogP contribution in [0.3, 0.4) is 0 Å². The van der Waals surface area contributed by atoms with Crippen LogP contribution in [0.5, 0.6) is 0 Å². The van der Waals surface area contributed by atoms with Crippen molar-refractivity contribution in [2.75, 3.05) is 25.0 Å². The number of hydrogen-bond acceptors (Lipinski definition) is 4. The van der Waals surface area contributed by atoms with Gasteiger partial charge in [-0.3, -0.25) is 4.79 Å². The summed E-state index contributed by atoms with van der Waals surface area (Å²) in [7, 11) is -6.09. The van der Waals surface area contributed by atoms with Crippen molar-refractivity contribution >= 4 is 37.6 Å². The van der Waals surface area contributed by atoms with Crippen LogP contribution in [0.1, 0.15) is 27.7 Å². The number of carbonyl (C=O) groups is 1. The molecule has 1 rings (SSSR count). The van der Waals surface area contributed by atoms with E-state index in [1.54, 1.807) is 0 Å². The van der Waals surface area contributed by atoms with Crippen LogP contribution in [0.25, 0.3) is 0 Å². The smallest absolute Gasteiger partial charge is 0.485 e. The first-order valence-corrected chi connectivity index (χ1v) is 10.4. The second-order valence-corrected chi connectivity index (χ2v) is 8.03. The molecule has 1 N–H and O–H groups in total. The lowest BCUT2D eigenvalue weighted by Crippen LogP contribution is -2.58. The lowest BCUT2D eigenvalue weighted by Gasteiger charge is -2.40. The Morgan fingerprint density at radius 1 is 1.22 bits per heavy atom. The molecule has 156 valence electrons. The van der Waals surface area contributed by atoms with E-state index in [0.29, 0.717) is 0 Å². The molecular formula is C16H24BrF3N2O4S. The first-order valence-electron chi connectivity index (χ1n) is 8.18. The van der Waals surface area contributed by atoms with Gasteiger partial charge in [-0.25, -0.2) is 8.42 Å². The van der Waals surface area contributed by atoms with E-state index in [2.05, 4.69) is 42.0 Å². The molecule has 0 saturated carbocycles. The number of anilines is 1. The summed E-state index contributed by atoms with van der Waals surface area (Å²) >= 11 is 3.41.